The average Bonchev–Trinajstić information content (AvgIpc) is 3.50. The molecule has 1 saturated heterocycles. The molecule has 6 atom stereocenters. The lowest BCUT2D eigenvalue weighted by atomic mass is 9.87. The number of aromatic nitrogens is 2. The molecule has 9 nitrogen and oxygen atoms in total. The van der Waals surface area contributed by atoms with Gasteiger partial charge in [-0.3, -0.25) is 4.79 Å². The van der Waals surface area contributed by atoms with E-state index in [4.69, 9.17) is 21.1 Å². The van der Waals surface area contributed by atoms with E-state index >= 15 is 0 Å². The van der Waals surface area contributed by atoms with Crippen LogP contribution in [0.5, 0.6) is 5.75 Å². The molecule has 188 valence electrons. The first-order valence-corrected chi connectivity index (χ1v) is 11.7. The number of benzene rings is 2. The fraction of sp³-hybridized carbons (Fsp3) is 0.269. The topological polar surface area (TPSA) is 137 Å². The van der Waals surface area contributed by atoms with Crippen LogP contribution in [0.2, 0.25) is 0 Å². The van der Waals surface area contributed by atoms with Crippen molar-refractivity contribution >= 4 is 28.3 Å². The van der Waals surface area contributed by atoms with E-state index in [9.17, 15) is 25.2 Å². The van der Waals surface area contributed by atoms with E-state index in [1.54, 1.807) is 66.3 Å². The van der Waals surface area contributed by atoms with Crippen LogP contribution in [-0.2, 0) is 17.6 Å². The number of aryl methyl sites for hydroxylation is 1. The zero-order valence-corrected chi connectivity index (χ0v) is 19.9. The minimum absolute atomic E-state index is 0.0550. The Morgan fingerprint density at radius 2 is 1.81 bits per heavy atom. The number of aliphatic hydroxyl groups is 4. The lowest BCUT2D eigenvalue weighted by molar-refractivity contribution is -0.348. The third-order valence-corrected chi connectivity index (χ3v) is 6.76. The Hall–Kier alpha value is -3.18. The molecule has 0 bridgehead atoms. The summed E-state index contributed by atoms with van der Waals surface area (Å²) in [5, 5.41) is 43.3. The van der Waals surface area contributed by atoms with Crippen LogP contribution in [0, 0.1) is 0 Å². The third-order valence-electron chi connectivity index (χ3n) is 6.52. The van der Waals surface area contributed by atoms with Crippen LogP contribution in [0.1, 0.15) is 21.6 Å². The number of hydrogen-bond acceptors (Lipinski definition) is 7. The Morgan fingerprint density at radius 3 is 2.53 bits per heavy atom. The van der Waals surface area contributed by atoms with E-state index in [2.05, 4.69) is 4.98 Å². The van der Waals surface area contributed by atoms with E-state index in [0.29, 0.717) is 16.6 Å². The molecule has 0 aliphatic carbocycles. The molecule has 10 heteroatoms. The second kappa shape index (κ2) is 9.36. The molecular formula is C26H25ClN2O7. The highest BCUT2D eigenvalue weighted by Gasteiger charge is 2.59. The van der Waals surface area contributed by atoms with Crippen molar-refractivity contribution in [2.75, 3.05) is 0 Å². The van der Waals surface area contributed by atoms with Crippen LogP contribution < -0.4 is 4.74 Å². The van der Waals surface area contributed by atoms with Gasteiger partial charge in [0.2, 0.25) is 5.78 Å². The predicted octanol–water partition coefficient (Wildman–Crippen LogP) is 2.01. The number of carbonyl (C=O) groups is 1. The molecule has 1 fully saturated rings. The highest BCUT2D eigenvalue weighted by molar-refractivity contribution is 6.19. The third kappa shape index (κ3) is 3.90. The molecule has 3 heterocycles. The van der Waals surface area contributed by atoms with E-state index in [1.807, 2.05) is 6.07 Å². The summed E-state index contributed by atoms with van der Waals surface area (Å²) in [7, 11) is 1.74. The van der Waals surface area contributed by atoms with Gasteiger partial charge >= 0.3 is 0 Å². The largest absolute Gasteiger partial charge is 0.454 e. The Morgan fingerprint density at radius 1 is 1.08 bits per heavy atom. The number of carbonyl (C=O) groups excluding carboxylic acids is 1. The van der Waals surface area contributed by atoms with E-state index in [0.717, 1.165) is 0 Å². The molecule has 36 heavy (non-hydrogen) atoms. The smallest absolute Gasteiger partial charge is 0.268 e. The molecule has 1 unspecified atom stereocenters. The Labute approximate surface area is 211 Å². The highest BCUT2D eigenvalue weighted by atomic mass is 35.5. The van der Waals surface area contributed by atoms with Gasteiger partial charge in [0.15, 0.2) is 11.7 Å². The Bertz CT molecular complexity index is 1400. The van der Waals surface area contributed by atoms with Crippen LogP contribution in [0.4, 0.5) is 0 Å². The van der Waals surface area contributed by atoms with E-state index in [-0.39, 0.29) is 22.7 Å². The maximum atomic E-state index is 13.4. The highest BCUT2D eigenvalue weighted by Crippen LogP contribution is 2.44. The van der Waals surface area contributed by atoms with Gasteiger partial charge in [-0.05, 0) is 30.3 Å². The van der Waals surface area contributed by atoms with Gasteiger partial charge in [-0.2, -0.15) is 0 Å². The monoisotopic (exact) mass is 512 g/mol. The van der Waals surface area contributed by atoms with Crippen molar-refractivity contribution in [1.82, 2.24) is 9.55 Å². The van der Waals surface area contributed by atoms with Gasteiger partial charge in [0, 0.05) is 30.3 Å². The molecule has 0 saturated carbocycles. The fourth-order valence-electron chi connectivity index (χ4n) is 4.63. The van der Waals surface area contributed by atoms with Crippen LogP contribution in [-0.4, -0.2) is 65.7 Å². The number of nitrogens with zero attached hydrogens (tertiary/aromatic N) is 1. The summed E-state index contributed by atoms with van der Waals surface area (Å²) in [6.07, 6.45) is -3.61. The maximum Gasteiger partial charge on any atom is 0.268 e. The van der Waals surface area contributed by atoms with Crippen molar-refractivity contribution in [3.8, 4) is 5.75 Å². The molecule has 5 rings (SSSR count). The van der Waals surface area contributed by atoms with Gasteiger partial charge < -0.3 is 39.5 Å². The SMILES string of the molecule is Cn1cccc1C(=O)c1ccccc1O[C@]1(c2c[nH]c3ccccc23)O[C@H](C(O)Cl)[C@H](O)[C@H](O)[C@H]1O. The fourth-order valence-corrected chi connectivity index (χ4v) is 4.83. The number of rotatable bonds is 6. The Kier molecular flexibility index (Phi) is 6.37. The van der Waals surface area contributed by atoms with Crippen LogP contribution >= 0.6 is 11.6 Å². The summed E-state index contributed by atoms with van der Waals surface area (Å²) < 4.78 is 14.0. The normalized spacial score (nSPS) is 27.2. The molecule has 0 spiro atoms. The molecule has 0 radical (unpaired) electrons. The summed E-state index contributed by atoms with van der Waals surface area (Å²) >= 11 is 5.90. The number of alkyl halides is 1. The molecule has 0 amide bonds. The summed E-state index contributed by atoms with van der Waals surface area (Å²) in [4.78, 5) is 16.5. The first kappa shape index (κ1) is 24.5. The lowest BCUT2D eigenvalue weighted by Gasteiger charge is -2.48. The number of ketones is 1. The van der Waals surface area contributed by atoms with Gasteiger partial charge in [-0.15, -0.1) is 0 Å². The van der Waals surface area contributed by atoms with Crippen molar-refractivity contribution in [2.45, 2.75) is 35.8 Å². The predicted molar refractivity (Wildman–Crippen MR) is 131 cm³/mol. The van der Waals surface area contributed by atoms with Crippen molar-refractivity contribution in [3.05, 3.63) is 89.9 Å². The van der Waals surface area contributed by atoms with Gasteiger partial charge in [0.25, 0.3) is 5.79 Å². The number of halogens is 1. The number of aromatic amines is 1. The molecule has 2 aromatic heterocycles. The quantitative estimate of drug-likeness (QED) is 0.197. The number of nitrogens with one attached hydrogen (secondary N) is 1. The molecule has 4 aromatic rings. The molecule has 1 aliphatic rings. The second-order valence-electron chi connectivity index (χ2n) is 8.73. The molecule has 2 aromatic carbocycles. The summed E-state index contributed by atoms with van der Waals surface area (Å²) in [6.45, 7) is 0. The van der Waals surface area contributed by atoms with E-state index in [1.165, 1.54) is 12.3 Å². The summed E-state index contributed by atoms with van der Waals surface area (Å²) in [5.41, 5.74) is -0.196. The first-order valence-electron chi connectivity index (χ1n) is 11.3. The average molecular weight is 513 g/mol. The van der Waals surface area contributed by atoms with Crippen LogP contribution in [0.3, 0.4) is 0 Å². The number of hydrogen-bond donors (Lipinski definition) is 5. The summed E-state index contributed by atoms with van der Waals surface area (Å²) in [6, 6.07) is 17.0. The number of H-pyrrole nitrogens is 1. The zero-order valence-electron chi connectivity index (χ0n) is 19.2. The number of aliphatic hydroxyl groups excluding tert-OH is 4. The van der Waals surface area contributed by atoms with E-state index < -0.39 is 35.8 Å². The molecule has 5 N–H and O–H groups in total. The lowest BCUT2D eigenvalue weighted by Crippen LogP contribution is -2.66. The van der Waals surface area contributed by atoms with Crippen molar-refractivity contribution < 1.29 is 34.7 Å². The minimum Gasteiger partial charge on any atom is -0.454 e. The maximum absolute atomic E-state index is 13.4. The number of ether oxygens (including phenoxy) is 2. The van der Waals surface area contributed by atoms with Crippen molar-refractivity contribution in [1.29, 1.82) is 0 Å². The van der Waals surface area contributed by atoms with Crippen LogP contribution in [0.15, 0.2) is 73.1 Å². The minimum atomic E-state index is -2.16. The van der Waals surface area contributed by atoms with Gasteiger partial charge in [0.05, 0.1) is 16.8 Å². The second-order valence-corrected chi connectivity index (χ2v) is 9.18. The first-order chi connectivity index (χ1) is 17.2. The molecule has 1 aliphatic heterocycles. The van der Waals surface area contributed by atoms with Crippen LogP contribution in [0.25, 0.3) is 10.9 Å². The van der Waals surface area contributed by atoms with Gasteiger partial charge in [-0.1, -0.05) is 41.9 Å². The molecular weight excluding hydrogens is 488 g/mol. The Balaban J connectivity index is 1.69. The van der Waals surface area contributed by atoms with Crippen molar-refractivity contribution in [3.63, 3.8) is 0 Å². The van der Waals surface area contributed by atoms with Crippen molar-refractivity contribution in [2.24, 2.45) is 7.05 Å². The standard InChI is InChI=1S/C26H25ClN2O7/c1-29-12-6-10-18(29)20(30)15-8-3-5-11-19(15)35-26(16-13-28-17-9-4-2-7-14(16)17)24(33)22(32)21(31)23(36-26)25(27)34/h2-13,21-25,28,31-34H,1H3/t21-,22+,23+,24-,25?,26-/m1/s1. The number of para-hydroxylation sites is 2. The number of fused-ring (bicyclic) bond motifs is 1. The van der Waals surface area contributed by atoms with Gasteiger partial charge in [0.1, 0.15) is 24.1 Å². The van der Waals surface area contributed by atoms with Gasteiger partial charge in [-0.25, -0.2) is 0 Å². The zero-order chi connectivity index (χ0) is 25.6. The summed E-state index contributed by atoms with van der Waals surface area (Å²) in [5.74, 6) is -2.45.